The van der Waals surface area contributed by atoms with Crippen LogP contribution in [-0.4, -0.2) is 0 Å². The monoisotopic (exact) mass is 373 g/mol. The van der Waals surface area contributed by atoms with Gasteiger partial charge in [0, 0.05) is 17.5 Å². The highest BCUT2D eigenvalue weighted by molar-refractivity contribution is 9.11. The summed E-state index contributed by atoms with van der Waals surface area (Å²) in [4.78, 5) is 1.47. The lowest BCUT2D eigenvalue weighted by Gasteiger charge is -2.23. The molecule has 1 aliphatic rings. The molecule has 20 heavy (non-hydrogen) atoms. The van der Waals surface area contributed by atoms with Gasteiger partial charge in [0.15, 0.2) is 0 Å². The van der Waals surface area contributed by atoms with Gasteiger partial charge in [-0.05, 0) is 64.5 Å². The van der Waals surface area contributed by atoms with Gasteiger partial charge < -0.3 is 5.32 Å². The van der Waals surface area contributed by atoms with Gasteiger partial charge in [-0.25, -0.2) is 4.39 Å². The van der Waals surface area contributed by atoms with Crippen molar-refractivity contribution in [3.05, 3.63) is 54.9 Å². The van der Waals surface area contributed by atoms with Crippen LogP contribution in [0.1, 0.15) is 34.9 Å². The van der Waals surface area contributed by atoms with E-state index in [9.17, 15) is 4.39 Å². The predicted molar refractivity (Wildman–Crippen MR) is 85.9 cm³/mol. The molecule has 1 atom stereocenters. The Bertz CT molecular complexity index is 628. The van der Waals surface area contributed by atoms with E-state index >= 15 is 0 Å². The molecule has 0 fully saturated rings. The number of benzene rings is 1. The molecule has 2 aromatic rings. The number of thiophene rings is 1. The van der Waals surface area contributed by atoms with Crippen LogP contribution in [0.5, 0.6) is 0 Å². The Morgan fingerprint density at radius 1 is 1.40 bits per heavy atom. The van der Waals surface area contributed by atoms with Crippen molar-refractivity contribution in [1.82, 2.24) is 5.32 Å². The molecule has 1 aliphatic carbocycles. The first-order valence-electron chi connectivity index (χ1n) is 6.59. The van der Waals surface area contributed by atoms with Crippen molar-refractivity contribution in [2.45, 2.75) is 31.8 Å². The molecule has 0 bridgehead atoms. The topological polar surface area (TPSA) is 12.0 Å². The highest BCUT2D eigenvalue weighted by Crippen LogP contribution is 2.38. The zero-order valence-electron chi connectivity index (χ0n) is 10.8. The molecule has 0 aliphatic heterocycles. The molecule has 1 nitrogen and oxygen atoms in total. The third-order valence-corrected chi connectivity index (χ3v) is 5.62. The average Bonchev–Trinajstić information content (AvgIpc) is 2.81. The molecule has 0 radical (unpaired) electrons. The van der Waals surface area contributed by atoms with Crippen molar-refractivity contribution in [1.29, 1.82) is 0 Å². The van der Waals surface area contributed by atoms with Crippen LogP contribution in [0.15, 0.2) is 28.1 Å². The number of halogens is 3. The highest BCUT2D eigenvalue weighted by Gasteiger charge is 2.22. The molecule has 1 aromatic carbocycles. The number of hydrogen-bond acceptors (Lipinski definition) is 2. The van der Waals surface area contributed by atoms with Crippen LogP contribution in [-0.2, 0) is 13.0 Å². The average molecular weight is 375 g/mol. The summed E-state index contributed by atoms with van der Waals surface area (Å²) in [5, 5.41) is 3.75. The van der Waals surface area contributed by atoms with Crippen molar-refractivity contribution in [3.8, 4) is 0 Å². The molecule has 0 saturated heterocycles. The fourth-order valence-electron chi connectivity index (χ4n) is 2.62. The van der Waals surface area contributed by atoms with Crippen LogP contribution in [0.4, 0.5) is 4.39 Å². The lowest BCUT2D eigenvalue weighted by atomic mass is 9.94. The van der Waals surface area contributed by atoms with E-state index in [1.165, 1.54) is 33.1 Å². The van der Waals surface area contributed by atoms with Crippen molar-refractivity contribution < 1.29 is 4.39 Å². The highest BCUT2D eigenvalue weighted by atomic mass is 79.9. The molecular weight excluding hydrogens is 361 g/mol. The quantitative estimate of drug-likeness (QED) is 0.751. The molecule has 0 spiro atoms. The largest absolute Gasteiger partial charge is 0.306 e. The van der Waals surface area contributed by atoms with Gasteiger partial charge in [0.2, 0.25) is 0 Å². The first-order chi connectivity index (χ1) is 9.63. The Morgan fingerprint density at radius 2 is 2.25 bits per heavy atom. The third-order valence-electron chi connectivity index (χ3n) is 3.62. The van der Waals surface area contributed by atoms with Crippen molar-refractivity contribution in [3.63, 3.8) is 0 Å². The molecule has 1 heterocycles. The fourth-order valence-corrected chi connectivity index (χ4v) is 4.65. The summed E-state index contributed by atoms with van der Waals surface area (Å²) in [7, 11) is 0. The number of hydrogen-bond donors (Lipinski definition) is 1. The summed E-state index contributed by atoms with van der Waals surface area (Å²) in [6.45, 7) is 0.706. The zero-order valence-corrected chi connectivity index (χ0v) is 13.9. The summed E-state index contributed by atoms with van der Waals surface area (Å²) >= 11 is 11.2. The molecule has 106 valence electrons. The van der Waals surface area contributed by atoms with E-state index in [0.29, 0.717) is 12.6 Å². The van der Waals surface area contributed by atoms with Gasteiger partial charge >= 0.3 is 0 Å². The van der Waals surface area contributed by atoms with Crippen LogP contribution >= 0.6 is 38.9 Å². The Hall–Kier alpha value is -0.420. The van der Waals surface area contributed by atoms with Crippen LogP contribution < -0.4 is 5.32 Å². The minimum Gasteiger partial charge on any atom is -0.306 e. The molecule has 3 rings (SSSR count). The van der Waals surface area contributed by atoms with E-state index in [1.54, 1.807) is 12.1 Å². The number of nitrogens with one attached hydrogen (secondary N) is 1. The van der Waals surface area contributed by atoms with E-state index in [4.69, 9.17) is 11.6 Å². The summed E-state index contributed by atoms with van der Waals surface area (Å²) in [6.07, 6.45) is 3.53. The molecule has 5 heteroatoms. The summed E-state index contributed by atoms with van der Waals surface area (Å²) < 4.78 is 14.3. The van der Waals surface area contributed by atoms with E-state index in [2.05, 4.69) is 27.3 Å². The van der Waals surface area contributed by atoms with Gasteiger partial charge in [-0.15, -0.1) is 11.3 Å². The molecular formula is C15H14BrClFNS. The minimum absolute atomic E-state index is 0.187. The second kappa shape index (κ2) is 6.14. The van der Waals surface area contributed by atoms with Gasteiger partial charge in [-0.2, -0.15) is 0 Å². The Kier molecular flexibility index (Phi) is 4.46. The third kappa shape index (κ3) is 3.08. The van der Waals surface area contributed by atoms with E-state index in [0.717, 1.165) is 12.0 Å². The fraction of sp³-hybridized carbons (Fsp3) is 0.333. The van der Waals surface area contributed by atoms with E-state index in [-0.39, 0.29) is 10.8 Å². The van der Waals surface area contributed by atoms with E-state index in [1.807, 2.05) is 11.3 Å². The number of fused-ring (bicyclic) bond motifs is 1. The smallest absolute Gasteiger partial charge is 0.141 e. The SMILES string of the molecule is Fc1ccc(CNC2CCCc3sc(Br)cc32)cc1Cl. The first kappa shape index (κ1) is 14.5. The van der Waals surface area contributed by atoms with Crippen molar-refractivity contribution in [2.75, 3.05) is 0 Å². The molecule has 0 saturated carbocycles. The summed E-state index contributed by atoms with van der Waals surface area (Å²) in [5.74, 6) is -0.364. The van der Waals surface area contributed by atoms with Gasteiger partial charge in [0.25, 0.3) is 0 Å². The zero-order chi connectivity index (χ0) is 14.1. The first-order valence-corrected chi connectivity index (χ1v) is 8.57. The second-order valence-electron chi connectivity index (χ2n) is 5.00. The van der Waals surface area contributed by atoms with Gasteiger partial charge in [0.05, 0.1) is 8.81 Å². The van der Waals surface area contributed by atoms with E-state index < -0.39 is 0 Å². The Labute approximate surface area is 135 Å². The summed E-state index contributed by atoms with van der Waals surface area (Å²) in [6, 6.07) is 7.49. The van der Waals surface area contributed by atoms with Crippen molar-refractivity contribution >= 4 is 38.9 Å². The van der Waals surface area contributed by atoms with Gasteiger partial charge in [0.1, 0.15) is 5.82 Å². The van der Waals surface area contributed by atoms with Crippen molar-refractivity contribution in [2.24, 2.45) is 0 Å². The normalized spacial score (nSPS) is 18.1. The summed E-state index contributed by atoms with van der Waals surface area (Å²) in [5.41, 5.74) is 2.42. The minimum atomic E-state index is -0.364. The lowest BCUT2D eigenvalue weighted by molar-refractivity contribution is 0.463. The maximum atomic E-state index is 13.1. The standard InChI is InChI=1S/C15H14BrClFNS/c16-15-7-10-13(2-1-3-14(10)20-15)19-8-9-4-5-12(18)11(17)6-9/h4-7,13,19H,1-3,8H2. The molecule has 1 aromatic heterocycles. The van der Waals surface area contributed by atoms with Crippen LogP contribution in [0.25, 0.3) is 0 Å². The lowest BCUT2D eigenvalue weighted by Crippen LogP contribution is -2.23. The maximum Gasteiger partial charge on any atom is 0.141 e. The number of aryl methyl sites for hydroxylation is 1. The van der Waals surface area contributed by atoms with Crippen LogP contribution in [0, 0.1) is 5.82 Å². The maximum absolute atomic E-state index is 13.1. The Balaban J connectivity index is 1.71. The molecule has 1 unspecified atom stereocenters. The second-order valence-corrected chi connectivity index (χ2v) is 7.93. The van der Waals surface area contributed by atoms with Crippen LogP contribution in [0.2, 0.25) is 5.02 Å². The van der Waals surface area contributed by atoms with Gasteiger partial charge in [-0.3, -0.25) is 0 Å². The van der Waals surface area contributed by atoms with Gasteiger partial charge in [-0.1, -0.05) is 17.7 Å². The Morgan fingerprint density at radius 3 is 3.05 bits per heavy atom. The number of rotatable bonds is 3. The molecule has 1 N–H and O–H groups in total. The predicted octanol–water partition coefficient (Wildman–Crippen LogP) is 5.47. The molecule has 0 amide bonds. The van der Waals surface area contributed by atoms with Crippen LogP contribution in [0.3, 0.4) is 0 Å².